The van der Waals surface area contributed by atoms with Gasteiger partial charge in [-0.25, -0.2) is 9.59 Å². The number of halogens is 1. The number of nitrogens with zero attached hydrogens (tertiary/aromatic N) is 1. The van der Waals surface area contributed by atoms with E-state index in [2.05, 4.69) is 5.32 Å². The van der Waals surface area contributed by atoms with E-state index in [0.29, 0.717) is 10.7 Å². The van der Waals surface area contributed by atoms with E-state index >= 15 is 0 Å². The summed E-state index contributed by atoms with van der Waals surface area (Å²) in [5.74, 6) is -1.61. The molecular weight excluding hydrogens is 400 g/mol. The normalized spacial score (nSPS) is 10.9. The summed E-state index contributed by atoms with van der Waals surface area (Å²) >= 11 is 6.12. The van der Waals surface area contributed by atoms with Crippen molar-refractivity contribution in [2.45, 2.75) is 32.9 Å². The number of nitro groups is 1. The lowest BCUT2D eigenvalue weighted by Gasteiger charge is -2.19. The fraction of sp³-hybridized carbons (Fsp3) is 0.300. The molecule has 0 aliphatic carbocycles. The van der Waals surface area contributed by atoms with Crippen LogP contribution in [0.25, 0.3) is 0 Å². The van der Waals surface area contributed by atoms with E-state index in [1.54, 1.807) is 39.0 Å². The minimum atomic E-state index is -0.888. The Bertz CT molecular complexity index is 923. The van der Waals surface area contributed by atoms with Gasteiger partial charge in [0.05, 0.1) is 10.5 Å². The molecule has 0 aromatic heterocycles. The highest BCUT2D eigenvalue weighted by molar-refractivity contribution is 6.31. The average Bonchev–Trinajstić information content (AvgIpc) is 2.64. The van der Waals surface area contributed by atoms with E-state index in [1.807, 2.05) is 6.07 Å². The maximum Gasteiger partial charge on any atom is 0.344 e. The maximum atomic E-state index is 12.5. The molecule has 2 aromatic carbocycles. The van der Waals surface area contributed by atoms with Gasteiger partial charge in [-0.2, -0.15) is 0 Å². The van der Waals surface area contributed by atoms with Crippen LogP contribution in [0.15, 0.2) is 42.5 Å². The summed E-state index contributed by atoms with van der Waals surface area (Å²) in [5.41, 5.74) is 0.00841. The first kappa shape index (κ1) is 22.2. The van der Waals surface area contributed by atoms with E-state index in [1.165, 1.54) is 12.1 Å². The second kappa shape index (κ2) is 9.38. The van der Waals surface area contributed by atoms with Gasteiger partial charge in [0.25, 0.3) is 5.69 Å². The van der Waals surface area contributed by atoms with Crippen LogP contribution < -0.4 is 5.32 Å². The lowest BCUT2D eigenvalue weighted by molar-refractivity contribution is -0.384. The van der Waals surface area contributed by atoms with Crippen molar-refractivity contribution in [3.8, 4) is 0 Å². The summed E-state index contributed by atoms with van der Waals surface area (Å²) < 4.78 is 10.1. The standard InChI is InChI=1S/C20H21ClN2O6/c1-20(2,3)29-18(24)12-28-19(25)15-10-14(23(26)27)8-9-17(15)22-11-13-6-4-5-7-16(13)21/h4-10,22H,11-12H2,1-3H3. The fourth-order valence-electron chi connectivity index (χ4n) is 2.37. The van der Waals surface area contributed by atoms with Crippen LogP contribution in [0.2, 0.25) is 5.02 Å². The summed E-state index contributed by atoms with van der Waals surface area (Å²) in [7, 11) is 0. The molecule has 0 spiro atoms. The number of hydrogen-bond donors (Lipinski definition) is 1. The molecule has 0 fully saturated rings. The Morgan fingerprint density at radius 1 is 1.17 bits per heavy atom. The summed E-state index contributed by atoms with van der Waals surface area (Å²) in [6.45, 7) is 4.73. The van der Waals surface area contributed by atoms with Crippen LogP contribution >= 0.6 is 11.6 Å². The summed E-state index contributed by atoms with van der Waals surface area (Å²) in [5, 5.41) is 14.6. The third-order valence-corrected chi connectivity index (χ3v) is 3.97. The zero-order valence-corrected chi connectivity index (χ0v) is 17.0. The Morgan fingerprint density at radius 3 is 2.48 bits per heavy atom. The highest BCUT2D eigenvalue weighted by Gasteiger charge is 2.21. The second-order valence-electron chi connectivity index (χ2n) is 7.09. The molecule has 0 aliphatic heterocycles. The molecule has 0 aliphatic rings. The Morgan fingerprint density at radius 2 is 1.86 bits per heavy atom. The molecule has 1 N–H and O–H groups in total. The topological polar surface area (TPSA) is 108 Å². The molecule has 0 saturated heterocycles. The van der Waals surface area contributed by atoms with E-state index in [0.717, 1.165) is 11.6 Å². The van der Waals surface area contributed by atoms with Crippen LogP contribution in [0, 0.1) is 10.1 Å². The molecular formula is C20H21ClN2O6. The quantitative estimate of drug-likeness (QED) is 0.402. The van der Waals surface area contributed by atoms with Crippen molar-refractivity contribution in [2.75, 3.05) is 11.9 Å². The molecule has 0 heterocycles. The number of rotatable bonds is 7. The van der Waals surface area contributed by atoms with E-state index in [4.69, 9.17) is 21.1 Å². The summed E-state index contributed by atoms with van der Waals surface area (Å²) in [4.78, 5) is 34.7. The molecule has 2 rings (SSSR count). The van der Waals surface area contributed by atoms with Crippen LogP contribution in [-0.2, 0) is 20.8 Å². The molecule has 0 amide bonds. The first-order chi connectivity index (χ1) is 13.6. The Balaban J connectivity index is 2.17. The van der Waals surface area contributed by atoms with E-state index in [-0.39, 0.29) is 17.8 Å². The molecule has 2 aromatic rings. The first-order valence-corrected chi connectivity index (χ1v) is 9.09. The number of benzene rings is 2. The molecule has 0 atom stereocenters. The molecule has 0 saturated carbocycles. The number of ether oxygens (including phenoxy) is 2. The minimum absolute atomic E-state index is 0.0742. The molecule has 154 valence electrons. The highest BCUT2D eigenvalue weighted by Crippen LogP contribution is 2.25. The van der Waals surface area contributed by atoms with Gasteiger partial charge in [-0.05, 0) is 38.5 Å². The molecule has 0 unspecified atom stereocenters. The van der Waals surface area contributed by atoms with Gasteiger partial charge < -0.3 is 14.8 Å². The predicted molar refractivity (Wildman–Crippen MR) is 108 cm³/mol. The smallest absolute Gasteiger partial charge is 0.344 e. The van der Waals surface area contributed by atoms with Gasteiger partial charge in [0.1, 0.15) is 5.60 Å². The molecule has 0 bridgehead atoms. The van der Waals surface area contributed by atoms with Crippen molar-refractivity contribution < 1.29 is 24.0 Å². The summed E-state index contributed by atoms with van der Waals surface area (Å²) in [6, 6.07) is 10.9. The van der Waals surface area contributed by atoms with Crippen molar-refractivity contribution in [3.63, 3.8) is 0 Å². The number of carbonyl (C=O) groups excluding carboxylic acids is 2. The number of esters is 2. The van der Waals surface area contributed by atoms with Crippen LogP contribution in [0.1, 0.15) is 36.7 Å². The van der Waals surface area contributed by atoms with E-state index < -0.39 is 29.1 Å². The van der Waals surface area contributed by atoms with Gasteiger partial charge in [0.2, 0.25) is 0 Å². The van der Waals surface area contributed by atoms with Crippen LogP contribution in [-0.4, -0.2) is 29.1 Å². The van der Waals surface area contributed by atoms with Crippen LogP contribution in [0.5, 0.6) is 0 Å². The second-order valence-corrected chi connectivity index (χ2v) is 7.50. The number of anilines is 1. The van der Waals surface area contributed by atoms with Gasteiger partial charge in [0, 0.05) is 29.4 Å². The minimum Gasteiger partial charge on any atom is -0.457 e. The number of non-ortho nitro benzene ring substituents is 1. The molecule has 8 nitrogen and oxygen atoms in total. The van der Waals surface area contributed by atoms with Gasteiger partial charge >= 0.3 is 11.9 Å². The number of nitro benzene ring substituents is 1. The van der Waals surface area contributed by atoms with Gasteiger partial charge in [0.15, 0.2) is 6.61 Å². The lowest BCUT2D eigenvalue weighted by atomic mass is 10.1. The zero-order chi connectivity index (χ0) is 21.6. The fourth-order valence-corrected chi connectivity index (χ4v) is 2.58. The largest absolute Gasteiger partial charge is 0.457 e. The molecule has 9 heteroatoms. The Hall–Kier alpha value is -3.13. The van der Waals surface area contributed by atoms with Gasteiger partial charge in [-0.1, -0.05) is 29.8 Å². The van der Waals surface area contributed by atoms with Crippen molar-refractivity contribution >= 4 is 34.9 Å². The highest BCUT2D eigenvalue weighted by atomic mass is 35.5. The summed E-state index contributed by atoms with van der Waals surface area (Å²) in [6.07, 6.45) is 0. The Kier molecular flexibility index (Phi) is 7.17. The van der Waals surface area contributed by atoms with Crippen molar-refractivity contribution in [3.05, 3.63) is 68.7 Å². The Labute approximate surface area is 172 Å². The van der Waals surface area contributed by atoms with Crippen LogP contribution in [0.4, 0.5) is 11.4 Å². The third-order valence-electron chi connectivity index (χ3n) is 3.60. The predicted octanol–water partition coefficient (Wildman–Crippen LogP) is 4.36. The van der Waals surface area contributed by atoms with Crippen molar-refractivity contribution in [2.24, 2.45) is 0 Å². The number of hydrogen-bond acceptors (Lipinski definition) is 7. The molecule has 0 radical (unpaired) electrons. The van der Waals surface area contributed by atoms with Crippen molar-refractivity contribution in [1.29, 1.82) is 0 Å². The van der Waals surface area contributed by atoms with Crippen LogP contribution in [0.3, 0.4) is 0 Å². The SMILES string of the molecule is CC(C)(C)OC(=O)COC(=O)c1cc([N+](=O)[O-])ccc1NCc1ccccc1Cl. The molecule has 29 heavy (non-hydrogen) atoms. The monoisotopic (exact) mass is 420 g/mol. The first-order valence-electron chi connectivity index (χ1n) is 8.71. The lowest BCUT2D eigenvalue weighted by Crippen LogP contribution is -2.27. The van der Waals surface area contributed by atoms with Crippen molar-refractivity contribution in [1.82, 2.24) is 0 Å². The number of nitrogens with one attached hydrogen (secondary N) is 1. The maximum absolute atomic E-state index is 12.5. The number of carbonyl (C=O) groups is 2. The third kappa shape index (κ3) is 6.76. The van der Waals surface area contributed by atoms with Gasteiger partial charge in [-0.3, -0.25) is 10.1 Å². The van der Waals surface area contributed by atoms with E-state index in [9.17, 15) is 19.7 Å². The zero-order valence-electron chi connectivity index (χ0n) is 16.2. The van der Waals surface area contributed by atoms with Gasteiger partial charge in [-0.15, -0.1) is 0 Å². The average molecular weight is 421 g/mol.